The summed E-state index contributed by atoms with van der Waals surface area (Å²) >= 11 is 0. The Hall–Kier alpha value is -2.65. The third-order valence-corrected chi connectivity index (χ3v) is 8.60. The van der Waals surface area contributed by atoms with Gasteiger partial charge in [0.15, 0.2) is 0 Å². The molecule has 0 aliphatic carbocycles. The highest BCUT2D eigenvalue weighted by molar-refractivity contribution is 5.84. The maximum absolute atomic E-state index is 11.5. The molecule has 0 atom stereocenters. The molecule has 0 bridgehead atoms. The minimum absolute atomic E-state index is 0.0492. The molecule has 14 heteroatoms. The number of carbonyl (C=O) groups excluding carboxylic acids is 5. The van der Waals surface area contributed by atoms with E-state index in [1.807, 2.05) is 118 Å². The van der Waals surface area contributed by atoms with E-state index in [0.717, 1.165) is 19.8 Å². The maximum Gasteiger partial charge on any atom is 0.311 e. The SMILES string of the molecule is CC(C)(C)CC(=O)C(C)(C)C.CC(C)(C)CC(=O)NC(C)(C)C.CC(C)(C)COCCC(=O)NC(C)(C)C.CC(C)(C)COCCNC(C)(C)C.CC(C)(C)COCCOC(=O)C(C)(C)C.CC(C)OCCC(=O)NC(C)(C)C. The first-order valence-corrected chi connectivity index (χ1v) is 29.2. The van der Waals surface area contributed by atoms with Gasteiger partial charge in [-0.2, -0.15) is 0 Å². The lowest BCUT2D eigenvalue weighted by molar-refractivity contribution is -0.154. The summed E-state index contributed by atoms with van der Waals surface area (Å²) in [6.45, 7) is 77.1. The van der Waals surface area contributed by atoms with Gasteiger partial charge in [-0.1, -0.05) is 125 Å². The van der Waals surface area contributed by atoms with Gasteiger partial charge in [-0.25, -0.2) is 0 Å². The number of hydrogen-bond acceptors (Lipinski definition) is 11. The van der Waals surface area contributed by atoms with Crippen molar-refractivity contribution in [3.05, 3.63) is 0 Å². The Morgan fingerprint density at radius 3 is 0.962 bits per heavy atom. The third-order valence-electron chi connectivity index (χ3n) is 8.60. The zero-order valence-electron chi connectivity index (χ0n) is 58.9. The molecule has 0 unspecified atom stereocenters. The number of Topliss-reactive ketones (excluding diaryl/α,β-unsaturated/α-hetero) is 1. The van der Waals surface area contributed by atoms with Crippen LogP contribution in [0.2, 0.25) is 0 Å². The third kappa shape index (κ3) is 89.4. The quantitative estimate of drug-likeness (QED) is 0.0758. The van der Waals surface area contributed by atoms with Gasteiger partial charge in [0.25, 0.3) is 0 Å². The van der Waals surface area contributed by atoms with Gasteiger partial charge >= 0.3 is 5.97 Å². The second-order valence-electron chi connectivity index (χ2n) is 33.4. The fraction of sp³-hybridized carbons (Fsp3) is 0.923. The van der Waals surface area contributed by atoms with Gasteiger partial charge in [-0.15, -0.1) is 0 Å². The molecule has 0 spiro atoms. The summed E-state index contributed by atoms with van der Waals surface area (Å²) in [5.74, 6) is 0.409. The number of rotatable bonds is 18. The van der Waals surface area contributed by atoms with E-state index in [-0.39, 0.29) is 84.4 Å². The van der Waals surface area contributed by atoms with E-state index in [1.54, 1.807) is 0 Å². The zero-order chi connectivity index (χ0) is 64.5. The average Bonchev–Trinajstić information content (AvgIpc) is 3.11. The Morgan fingerprint density at radius 2 is 0.684 bits per heavy atom. The van der Waals surface area contributed by atoms with Crippen LogP contribution < -0.4 is 21.3 Å². The minimum Gasteiger partial charge on any atom is -0.463 e. The number of carbonyl (C=O) groups is 5. The molecule has 0 aromatic heterocycles. The Bertz CT molecular complexity index is 1580. The second kappa shape index (κ2) is 39.0. The molecule has 0 aromatic carbocycles. The topological polar surface area (TPSA) is 180 Å². The van der Waals surface area contributed by atoms with Gasteiger partial charge in [0, 0.05) is 59.8 Å². The van der Waals surface area contributed by atoms with Gasteiger partial charge in [0.2, 0.25) is 17.7 Å². The van der Waals surface area contributed by atoms with Crippen LogP contribution in [0.3, 0.4) is 0 Å². The normalized spacial score (nSPS) is 12.8. The molecule has 0 heterocycles. The van der Waals surface area contributed by atoms with Gasteiger partial charge in [-0.05, 0) is 145 Å². The largest absolute Gasteiger partial charge is 0.463 e. The lowest BCUT2D eigenvalue weighted by Gasteiger charge is -2.24. The van der Waals surface area contributed by atoms with E-state index in [2.05, 4.69) is 146 Å². The Kier molecular flexibility index (Phi) is 43.2. The Labute approximate surface area is 490 Å². The Morgan fingerprint density at radius 1 is 0.354 bits per heavy atom. The predicted octanol–water partition coefficient (Wildman–Crippen LogP) is 14.5. The molecule has 0 fully saturated rings. The highest BCUT2D eigenvalue weighted by atomic mass is 16.6. The summed E-state index contributed by atoms with van der Waals surface area (Å²) in [6.07, 6.45) is 2.34. The first-order valence-electron chi connectivity index (χ1n) is 29.2. The number of ether oxygens (including phenoxy) is 5. The number of ketones is 1. The van der Waals surface area contributed by atoms with Crippen LogP contribution in [0.5, 0.6) is 0 Å². The predicted molar refractivity (Wildman–Crippen MR) is 336 cm³/mol. The number of nitrogens with one attached hydrogen (secondary N) is 4. The monoisotopic (exact) mass is 1130 g/mol. The van der Waals surface area contributed by atoms with E-state index in [4.69, 9.17) is 23.7 Å². The van der Waals surface area contributed by atoms with E-state index >= 15 is 0 Å². The van der Waals surface area contributed by atoms with Crippen LogP contribution in [0.25, 0.3) is 0 Å². The van der Waals surface area contributed by atoms with Crippen LogP contribution in [0.15, 0.2) is 0 Å². The lowest BCUT2D eigenvalue weighted by atomic mass is 9.80. The van der Waals surface area contributed by atoms with Crippen molar-refractivity contribution in [2.45, 2.75) is 296 Å². The van der Waals surface area contributed by atoms with Crippen molar-refractivity contribution in [2.24, 2.45) is 37.9 Å². The highest BCUT2D eigenvalue weighted by Crippen LogP contribution is 2.26. The van der Waals surface area contributed by atoms with Crippen molar-refractivity contribution in [3.8, 4) is 0 Å². The molecule has 3 amide bonds. The van der Waals surface area contributed by atoms with Gasteiger partial charge < -0.3 is 45.0 Å². The highest BCUT2D eigenvalue weighted by Gasteiger charge is 2.26. The van der Waals surface area contributed by atoms with Crippen molar-refractivity contribution in [3.63, 3.8) is 0 Å². The number of hydrogen-bond donors (Lipinski definition) is 4. The first-order chi connectivity index (χ1) is 34.5. The van der Waals surface area contributed by atoms with Gasteiger partial charge in [-0.3, -0.25) is 24.0 Å². The molecule has 79 heavy (non-hydrogen) atoms. The van der Waals surface area contributed by atoms with E-state index in [9.17, 15) is 24.0 Å². The van der Waals surface area contributed by atoms with Gasteiger partial charge in [0.05, 0.1) is 57.8 Å². The number of esters is 1. The molecule has 0 aromatic rings. The van der Waals surface area contributed by atoms with Crippen molar-refractivity contribution < 1.29 is 47.7 Å². The molecule has 0 saturated heterocycles. The van der Waals surface area contributed by atoms with Crippen LogP contribution in [0.4, 0.5) is 0 Å². The molecule has 0 radical (unpaired) electrons. The molecule has 0 rings (SSSR count). The summed E-state index contributed by atoms with van der Waals surface area (Å²) in [6, 6.07) is 0. The van der Waals surface area contributed by atoms with E-state index < -0.39 is 5.41 Å². The average molecular weight is 1130 g/mol. The van der Waals surface area contributed by atoms with Crippen molar-refractivity contribution in [2.75, 3.05) is 59.4 Å². The van der Waals surface area contributed by atoms with E-state index in [0.29, 0.717) is 71.1 Å². The maximum atomic E-state index is 11.5. The van der Waals surface area contributed by atoms with E-state index in [1.165, 1.54) is 0 Å². The summed E-state index contributed by atoms with van der Waals surface area (Å²) in [5.41, 5.74) is 0.0106. The molecule has 0 aliphatic rings. The second-order valence-corrected chi connectivity index (χ2v) is 33.4. The molecule has 0 aliphatic heterocycles. The summed E-state index contributed by atoms with van der Waals surface area (Å²) in [4.78, 5) is 56.8. The smallest absolute Gasteiger partial charge is 0.311 e. The lowest BCUT2D eigenvalue weighted by Crippen LogP contribution is -2.41. The Balaban J connectivity index is -0.000000203. The number of amides is 3. The molecular formula is C65H136N4O10. The summed E-state index contributed by atoms with van der Waals surface area (Å²) in [7, 11) is 0. The van der Waals surface area contributed by atoms with Crippen molar-refractivity contribution in [1.29, 1.82) is 0 Å². The molecule has 14 nitrogen and oxygen atoms in total. The fourth-order valence-corrected chi connectivity index (χ4v) is 5.25. The zero-order valence-corrected chi connectivity index (χ0v) is 58.9. The molecule has 476 valence electrons. The molecule has 0 saturated carbocycles. The van der Waals surface area contributed by atoms with Crippen LogP contribution >= 0.6 is 0 Å². The summed E-state index contributed by atoms with van der Waals surface area (Å²) < 4.78 is 26.7. The van der Waals surface area contributed by atoms with Crippen LogP contribution in [0, 0.1) is 37.9 Å². The van der Waals surface area contributed by atoms with Crippen LogP contribution in [-0.2, 0) is 47.7 Å². The molecule has 4 N–H and O–H groups in total. The standard InChI is InChI=1S/C12H25NO2.C12H24O3.C11H25NO.C10H21NO2.C10H21NO.C10H20O/c1-11(2,3)9-15-8-7-10(14)13-12(4,5)6;1-11(2,3)9-14-7-8-15-10(13)12(4,5)6;1-10(2,3)9-13-8-7-12-11(4,5)6;1-8(2)13-7-6-9(12)11-10(3,4)5;1-9(2,3)7-8(12)11-10(4,5)6;1-9(2,3)7-8(11)10(4,5)6/h7-9H2,1-6H3,(H,13,14);7-9H2,1-6H3;12H,7-9H2,1-6H3;8H,6-7H2,1-5H3,(H,11,12);7H2,1-6H3,(H,11,12);7H2,1-6H3. The van der Waals surface area contributed by atoms with Crippen LogP contribution in [-0.4, -0.2) is 117 Å². The summed E-state index contributed by atoms with van der Waals surface area (Å²) in [5, 5.41) is 12.1. The fourth-order valence-electron chi connectivity index (χ4n) is 5.25. The minimum atomic E-state index is -0.427. The van der Waals surface area contributed by atoms with Crippen LogP contribution in [0.1, 0.15) is 268 Å². The molecular weight excluding hydrogens is 997 g/mol. The van der Waals surface area contributed by atoms with Crippen molar-refractivity contribution >= 4 is 29.5 Å². The van der Waals surface area contributed by atoms with Crippen molar-refractivity contribution in [1.82, 2.24) is 21.3 Å². The first kappa shape index (κ1) is 87.6. The van der Waals surface area contributed by atoms with Gasteiger partial charge in [0.1, 0.15) is 12.4 Å².